The monoisotopic (exact) mass is 612 g/mol. The van der Waals surface area contributed by atoms with E-state index in [0.29, 0.717) is 48.9 Å². The summed E-state index contributed by atoms with van der Waals surface area (Å²) in [4.78, 5) is 33.0. The van der Waals surface area contributed by atoms with E-state index in [1.54, 1.807) is 30.2 Å². The maximum atomic E-state index is 14.4. The van der Waals surface area contributed by atoms with Gasteiger partial charge in [-0.2, -0.15) is 18.2 Å². The molecule has 10 nitrogen and oxygen atoms in total. The van der Waals surface area contributed by atoms with Gasteiger partial charge in [0, 0.05) is 63.6 Å². The van der Waals surface area contributed by atoms with Crippen LogP contribution in [-0.4, -0.2) is 73.2 Å². The molecule has 2 atom stereocenters. The van der Waals surface area contributed by atoms with Gasteiger partial charge in [-0.15, -0.1) is 0 Å². The highest BCUT2D eigenvalue weighted by Gasteiger charge is 2.37. The van der Waals surface area contributed by atoms with Crippen LogP contribution < -0.4 is 15.2 Å². The average Bonchev–Trinajstić information content (AvgIpc) is 3.75. The fraction of sp³-hybridized carbons (Fsp3) is 0.387. The number of aromatic nitrogens is 2. The normalized spacial score (nSPS) is 18.9. The SMILES string of the molecule is COCC1CCCN1c1nc2ccc(-n3cc(C(=O)O)c(=O)cc3-c3ccc(N4CCC(OC)C4)c(C(F)(F)F)c3)cc2o1. The Morgan fingerprint density at radius 1 is 1.11 bits per heavy atom. The van der Waals surface area contributed by atoms with E-state index in [9.17, 15) is 27.9 Å². The van der Waals surface area contributed by atoms with E-state index in [1.807, 2.05) is 4.90 Å². The molecular weight excluding hydrogens is 581 g/mol. The Labute approximate surface area is 250 Å². The van der Waals surface area contributed by atoms with Crippen LogP contribution in [0, 0.1) is 0 Å². The van der Waals surface area contributed by atoms with Gasteiger partial charge in [-0.3, -0.25) is 4.79 Å². The summed E-state index contributed by atoms with van der Waals surface area (Å²) in [7, 11) is 3.17. The standard InChI is InChI=1S/C31H31F3N4O6/c1-42-17-20-4-3-10-37(20)30-35-24-7-6-19(13-28(24)44-30)38-16-22(29(40)41)27(39)14-26(38)18-5-8-25(23(12-18)31(32,33)34)36-11-9-21(15-36)43-2/h5-8,12-14,16,20-21H,3-4,9-11,15,17H2,1-2H3,(H,40,41). The van der Waals surface area contributed by atoms with Crippen molar-refractivity contribution in [2.24, 2.45) is 0 Å². The first-order valence-electron chi connectivity index (χ1n) is 14.2. The number of carboxylic acid groups (broad SMARTS) is 1. The summed E-state index contributed by atoms with van der Waals surface area (Å²) < 4.78 is 61.3. The number of rotatable bonds is 8. The van der Waals surface area contributed by atoms with E-state index < -0.39 is 28.7 Å². The molecule has 0 spiro atoms. The van der Waals surface area contributed by atoms with Gasteiger partial charge in [0.2, 0.25) is 0 Å². The summed E-state index contributed by atoms with van der Waals surface area (Å²) in [6.45, 7) is 1.99. The molecule has 2 saturated heterocycles. The number of aromatic carboxylic acids is 1. The lowest BCUT2D eigenvalue weighted by Crippen LogP contribution is -2.32. The Bertz CT molecular complexity index is 1770. The molecule has 2 fully saturated rings. The van der Waals surface area contributed by atoms with Crippen LogP contribution in [0.5, 0.6) is 0 Å². The van der Waals surface area contributed by atoms with E-state index in [1.165, 1.54) is 23.8 Å². The van der Waals surface area contributed by atoms with Gasteiger partial charge in [0.15, 0.2) is 11.0 Å². The molecule has 0 bridgehead atoms. The maximum absolute atomic E-state index is 14.4. The highest BCUT2D eigenvalue weighted by atomic mass is 19.4. The minimum atomic E-state index is -4.69. The molecule has 13 heteroatoms. The number of carbonyl (C=O) groups is 1. The molecule has 2 aromatic heterocycles. The predicted octanol–water partition coefficient (Wildman–Crippen LogP) is 5.20. The van der Waals surface area contributed by atoms with Crippen LogP contribution >= 0.6 is 0 Å². The van der Waals surface area contributed by atoms with Gasteiger partial charge in [0.25, 0.3) is 6.01 Å². The van der Waals surface area contributed by atoms with Crippen molar-refractivity contribution < 1.29 is 37.0 Å². The highest BCUT2D eigenvalue weighted by Crippen LogP contribution is 2.41. The number of ether oxygens (including phenoxy) is 2. The van der Waals surface area contributed by atoms with E-state index in [4.69, 9.17) is 13.9 Å². The second-order valence-electron chi connectivity index (χ2n) is 11.0. The number of hydrogen-bond acceptors (Lipinski definition) is 8. The predicted molar refractivity (Wildman–Crippen MR) is 157 cm³/mol. The molecule has 4 aromatic rings. The van der Waals surface area contributed by atoms with Gasteiger partial charge < -0.3 is 33.4 Å². The smallest absolute Gasteiger partial charge is 0.418 e. The van der Waals surface area contributed by atoms with Crippen molar-refractivity contribution in [2.45, 2.75) is 37.6 Å². The van der Waals surface area contributed by atoms with Crippen LogP contribution in [0.4, 0.5) is 24.9 Å². The number of hydrogen-bond donors (Lipinski definition) is 1. The van der Waals surface area contributed by atoms with Gasteiger partial charge in [0.05, 0.1) is 30.0 Å². The van der Waals surface area contributed by atoms with Crippen LogP contribution in [0.25, 0.3) is 28.0 Å². The van der Waals surface area contributed by atoms with E-state index in [-0.39, 0.29) is 29.1 Å². The Balaban J connectivity index is 1.46. The summed E-state index contributed by atoms with van der Waals surface area (Å²) in [5.41, 5.74) is -0.686. The van der Waals surface area contributed by atoms with Gasteiger partial charge in [0.1, 0.15) is 11.1 Å². The van der Waals surface area contributed by atoms with Crippen molar-refractivity contribution in [3.63, 3.8) is 0 Å². The Hall–Kier alpha value is -4.36. The molecule has 0 radical (unpaired) electrons. The number of nitrogens with zero attached hydrogens (tertiary/aromatic N) is 4. The molecule has 232 valence electrons. The van der Waals surface area contributed by atoms with Crippen molar-refractivity contribution in [3.05, 3.63) is 70.0 Å². The minimum Gasteiger partial charge on any atom is -0.477 e. The molecule has 0 saturated carbocycles. The summed E-state index contributed by atoms with van der Waals surface area (Å²) in [5.74, 6) is -1.45. The van der Waals surface area contributed by atoms with Crippen LogP contribution in [0.2, 0.25) is 0 Å². The lowest BCUT2D eigenvalue weighted by molar-refractivity contribution is -0.137. The zero-order valence-corrected chi connectivity index (χ0v) is 24.1. The Morgan fingerprint density at radius 2 is 1.93 bits per heavy atom. The second-order valence-corrected chi connectivity index (χ2v) is 11.0. The van der Waals surface area contributed by atoms with Gasteiger partial charge in [-0.25, -0.2) is 4.79 Å². The van der Waals surface area contributed by atoms with Crippen molar-refractivity contribution >= 4 is 28.8 Å². The fourth-order valence-electron chi connectivity index (χ4n) is 6.09. The van der Waals surface area contributed by atoms with Crippen molar-refractivity contribution in [3.8, 4) is 16.9 Å². The molecule has 6 rings (SSSR count). The first kappa shape index (κ1) is 29.7. The first-order valence-corrected chi connectivity index (χ1v) is 14.2. The summed E-state index contributed by atoms with van der Waals surface area (Å²) in [6.07, 6.45) is -1.25. The molecule has 44 heavy (non-hydrogen) atoms. The largest absolute Gasteiger partial charge is 0.477 e. The van der Waals surface area contributed by atoms with Crippen LogP contribution in [0.1, 0.15) is 35.2 Å². The van der Waals surface area contributed by atoms with Gasteiger partial charge in [-0.1, -0.05) is 6.07 Å². The molecule has 2 unspecified atom stereocenters. The summed E-state index contributed by atoms with van der Waals surface area (Å²) >= 11 is 0. The number of benzene rings is 2. The van der Waals surface area contributed by atoms with Crippen LogP contribution in [0.3, 0.4) is 0 Å². The maximum Gasteiger partial charge on any atom is 0.418 e. The number of anilines is 2. The summed E-state index contributed by atoms with van der Waals surface area (Å²) in [5, 5.41) is 9.69. The third-order valence-corrected chi connectivity index (χ3v) is 8.32. The lowest BCUT2D eigenvalue weighted by Gasteiger charge is -2.24. The zero-order valence-electron chi connectivity index (χ0n) is 24.1. The average molecular weight is 613 g/mol. The van der Waals surface area contributed by atoms with E-state index in [0.717, 1.165) is 37.7 Å². The molecule has 0 amide bonds. The molecule has 2 aliphatic rings. The van der Waals surface area contributed by atoms with Crippen molar-refractivity contribution in [2.75, 3.05) is 50.3 Å². The number of carboxylic acids is 1. The van der Waals surface area contributed by atoms with Crippen molar-refractivity contribution in [1.82, 2.24) is 9.55 Å². The highest BCUT2D eigenvalue weighted by molar-refractivity contribution is 5.88. The van der Waals surface area contributed by atoms with Gasteiger partial charge in [-0.05, 0) is 49.1 Å². The zero-order chi connectivity index (χ0) is 31.2. The molecule has 4 heterocycles. The van der Waals surface area contributed by atoms with E-state index >= 15 is 0 Å². The summed E-state index contributed by atoms with van der Waals surface area (Å²) in [6, 6.07) is 10.4. The van der Waals surface area contributed by atoms with Crippen molar-refractivity contribution in [1.29, 1.82) is 0 Å². The number of oxazole rings is 1. The fourth-order valence-corrected chi connectivity index (χ4v) is 6.09. The second kappa shape index (κ2) is 11.6. The lowest BCUT2D eigenvalue weighted by atomic mass is 10.0. The third-order valence-electron chi connectivity index (χ3n) is 8.32. The number of pyridine rings is 1. The molecule has 2 aromatic carbocycles. The topological polar surface area (TPSA) is 110 Å². The first-order chi connectivity index (χ1) is 21.1. The molecule has 0 aliphatic carbocycles. The third kappa shape index (κ3) is 5.52. The quantitative estimate of drug-likeness (QED) is 0.287. The van der Waals surface area contributed by atoms with E-state index in [2.05, 4.69) is 4.98 Å². The number of halogens is 3. The number of fused-ring (bicyclic) bond motifs is 1. The number of alkyl halides is 3. The van der Waals surface area contributed by atoms with Crippen LogP contribution in [0.15, 0.2) is 57.9 Å². The molecular formula is C31H31F3N4O6. The molecule has 2 aliphatic heterocycles. The van der Waals surface area contributed by atoms with Gasteiger partial charge >= 0.3 is 12.1 Å². The number of methoxy groups -OCH3 is 2. The van der Waals surface area contributed by atoms with Crippen LogP contribution in [-0.2, 0) is 15.7 Å². The Morgan fingerprint density at radius 3 is 2.64 bits per heavy atom. The Kier molecular flexibility index (Phi) is 7.84. The minimum absolute atomic E-state index is 0.0150. The molecule has 1 N–H and O–H groups in total.